The monoisotopic (exact) mass is 313 g/mol. The highest BCUT2D eigenvalue weighted by Gasteiger charge is 2.12. The highest BCUT2D eigenvalue weighted by molar-refractivity contribution is 7.99. The van der Waals surface area contributed by atoms with Crippen molar-refractivity contribution in [2.24, 2.45) is 0 Å². The lowest BCUT2D eigenvalue weighted by Gasteiger charge is -2.12. The number of halogens is 1. The number of thiazole rings is 1. The molecular formula is C14H16ClNOS2. The second kappa shape index (κ2) is 6.75. The van der Waals surface area contributed by atoms with Crippen LogP contribution < -0.4 is 0 Å². The van der Waals surface area contributed by atoms with Gasteiger partial charge in [0.15, 0.2) is 0 Å². The molecule has 0 radical (unpaired) electrons. The molecule has 5 heteroatoms. The van der Waals surface area contributed by atoms with Crippen LogP contribution >= 0.6 is 34.7 Å². The molecule has 0 amide bonds. The first kappa shape index (κ1) is 14.9. The van der Waals surface area contributed by atoms with Gasteiger partial charge in [0.2, 0.25) is 0 Å². The summed E-state index contributed by atoms with van der Waals surface area (Å²) in [6.07, 6.45) is -0.299. The second-order valence-electron chi connectivity index (χ2n) is 4.38. The molecule has 0 saturated heterocycles. The molecule has 1 aromatic heterocycles. The number of aliphatic hydroxyl groups excluding tert-OH is 1. The summed E-state index contributed by atoms with van der Waals surface area (Å²) < 4.78 is 0. The van der Waals surface area contributed by atoms with Crippen LogP contribution in [-0.2, 0) is 5.75 Å². The van der Waals surface area contributed by atoms with Crippen LogP contribution in [0.2, 0.25) is 5.02 Å². The van der Waals surface area contributed by atoms with Crippen LogP contribution in [0.5, 0.6) is 0 Å². The van der Waals surface area contributed by atoms with Gasteiger partial charge in [-0.2, -0.15) is 0 Å². The molecule has 1 aromatic carbocycles. The lowest BCUT2D eigenvalue weighted by molar-refractivity contribution is 0.196. The van der Waals surface area contributed by atoms with E-state index < -0.39 is 0 Å². The molecule has 2 unspecified atom stereocenters. The van der Waals surface area contributed by atoms with Crippen LogP contribution in [0.4, 0.5) is 0 Å². The minimum absolute atomic E-state index is 0.213. The minimum atomic E-state index is -0.299. The van der Waals surface area contributed by atoms with Crippen molar-refractivity contribution in [3.63, 3.8) is 0 Å². The minimum Gasteiger partial charge on any atom is -0.392 e. The average molecular weight is 314 g/mol. The van der Waals surface area contributed by atoms with E-state index in [0.29, 0.717) is 0 Å². The smallest absolute Gasteiger partial charge is 0.125 e. The number of thioether (sulfide) groups is 1. The van der Waals surface area contributed by atoms with Crippen molar-refractivity contribution >= 4 is 34.7 Å². The zero-order valence-electron chi connectivity index (χ0n) is 10.8. The van der Waals surface area contributed by atoms with E-state index in [4.69, 9.17) is 11.6 Å². The van der Waals surface area contributed by atoms with Crippen molar-refractivity contribution in [3.05, 3.63) is 40.4 Å². The Morgan fingerprint density at radius 1 is 1.37 bits per heavy atom. The fourth-order valence-corrected chi connectivity index (χ4v) is 3.59. The van der Waals surface area contributed by atoms with Gasteiger partial charge >= 0.3 is 0 Å². The van der Waals surface area contributed by atoms with Crippen molar-refractivity contribution in [2.75, 3.05) is 0 Å². The van der Waals surface area contributed by atoms with E-state index in [1.54, 1.807) is 23.1 Å². The fraction of sp³-hybridized carbons (Fsp3) is 0.357. The summed E-state index contributed by atoms with van der Waals surface area (Å²) in [6, 6.07) is 7.74. The standard InChI is InChI=1S/C14H16ClNOS2/c1-9(17)10(2)18-7-11-8-19-14(16-11)12-5-3-4-6-13(12)15/h3-6,8-10,17H,7H2,1-2H3. The molecule has 2 aromatic rings. The van der Waals surface area contributed by atoms with Crippen molar-refractivity contribution in [1.29, 1.82) is 0 Å². The lowest BCUT2D eigenvalue weighted by atomic mass is 10.2. The molecule has 0 aliphatic heterocycles. The Bertz CT molecular complexity index is 542. The number of hydrogen-bond donors (Lipinski definition) is 1. The number of nitrogens with zero attached hydrogens (tertiary/aromatic N) is 1. The van der Waals surface area contributed by atoms with Gasteiger partial charge in [-0.05, 0) is 13.0 Å². The first-order chi connectivity index (χ1) is 9.08. The topological polar surface area (TPSA) is 33.1 Å². The maximum atomic E-state index is 9.46. The highest BCUT2D eigenvalue weighted by Crippen LogP contribution is 2.31. The molecule has 2 nitrogen and oxygen atoms in total. The van der Waals surface area contributed by atoms with E-state index in [1.165, 1.54) is 0 Å². The molecule has 0 aliphatic rings. The maximum absolute atomic E-state index is 9.46. The zero-order valence-corrected chi connectivity index (χ0v) is 13.2. The third kappa shape index (κ3) is 3.96. The first-order valence-electron chi connectivity index (χ1n) is 6.07. The summed E-state index contributed by atoms with van der Waals surface area (Å²) in [7, 11) is 0. The van der Waals surface area contributed by atoms with E-state index in [0.717, 1.165) is 27.0 Å². The predicted octanol–water partition coefficient (Wildman–Crippen LogP) is 4.47. The fourth-order valence-electron chi connectivity index (χ4n) is 1.49. The van der Waals surface area contributed by atoms with Crippen molar-refractivity contribution < 1.29 is 5.11 Å². The van der Waals surface area contributed by atoms with E-state index in [1.807, 2.05) is 38.1 Å². The molecule has 1 heterocycles. The van der Waals surface area contributed by atoms with Gasteiger partial charge < -0.3 is 5.11 Å². The molecule has 19 heavy (non-hydrogen) atoms. The molecule has 1 N–H and O–H groups in total. The number of aromatic nitrogens is 1. The summed E-state index contributed by atoms with van der Waals surface area (Å²) in [4.78, 5) is 4.60. The van der Waals surface area contributed by atoms with Crippen LogP contribution in [0.3, 0.4) is 0 Å². The summed E-state index contributed by atoms with van der Waals surface area (Å²) in [5, 5.41) is 13.4. The highest BCUT2D eigenvalue weighted by atomic mass is 35.5. The van der Waals surface area contributed by atoms with Crippen molar-refractivity contribution in [3.8, 4) is 10.6 Å². The van der Waals surface area contributed by atoms with Gasteiger partial charge in [0.05, 0.1) is 16.8 Å². The third-order valence-corrected chi connectivity index (χ3v) is 5.47. The normalized spacial score (nSPS) is 14.3. The van der Waals surface area contributed by atoms with Crippen molar-refractivity contribution in [1.82, 2.24) is 4.98 Å². The van der Waals surface area contributed by atoms with Gasteiger partial charge in [0.1, 0.15) is 5.01 Å². The molecule has 0 aliphatic carbocycles. The predicted molar refractivity (Wildman–Crippen MR) is 85.0 cm³/mol. The second-order valence-corrected chi connectivity index (χ2v) is 7.01. The Morgan fingerprint density at radius 3 is 2.79 bits per heavy atom. The SMILES string of the molecule is CC(O)C(C)SCc1csc(-c2ccccc2Cl)n1. The molecular weight excluding hydrogens is 298 g/mol. The lowest BCUT2D eigenvalue weighted by Crippen LogP contribution is -2.15. The Hall–Kier alpha value is -0.550. The van der Waals surface area contributed by atoms with Gasteiger partial charge in [0, 0.05) is 21.9 Å². The summed E-state index contributed by atoms with van der Waals surface area (Å²) in [5.74, 6) is 0.813. The van der Waals surface area contributed by atoms with Crippen LogP contribution in [0.25, 0.3) is 10.6 Å². The number of rotatable bonds is 5. The van der Waals surface area contributed by atoms with E-state index in [9.17, 15) is 5.11 Å². The largest absolute Gasteiger partial charge is 0.392 e. The first-order valence-corrected chi connectivity index (χ1v) is 8.37. The van der Waals surface area contributed by atoms with E-state index >= 15 is 0 Å². The third-order valence-electron chi connectivity index (χ3n) is 2.83. The number of aliphatic hydroxyl groups is 1. The Morgan fingerprint density at radius 2 is 2.11 bits per heavy atom. The van der Waals surface area contributed by atoms with Gasteiger partial charge in [-0.1, -0.05) is 36.7 Å². The molecule has 102 valence electrons. The molecule has 0 saturated carbocycles. The molecule has 2 rings (SSSR count). The average Bonchev–Trinajstić information content (AvgIpc) is 2.85. The van der Waals surface area contributed by atoms with Crippen molar-refractivity contribution in [2.45, 2.75) is 31.0 Å². The number of hydrogen-bond acceptors (Lipinski definition) is 4. The molecule has 2 atom stereocenters. The van der Waals surface area contributed by atoms with Gasteiger partial charge in [-0.25, -0.2) is 4.98 Å². The Labute approximate surface area is 126 Å². The molecule has 0 fully saturated rings. The maximum Gasteiger partial charge on any atom is 0.125 e. The van der Waals surface area contributed by atoms with Crippen LogP contribution in [0.1, 0.15) is 19.5 Å². The summed E-state index contributed by atoms with van der Waals surface area (Å²) in [5.41, 5.74) is 2.02. The van der Waals surface area contributed by atoms with Crippen LogP contribution in [0.15, 0.2) is 29.6 Å². The molecule has 0 bridgehead atoms. The van der Waals surface area contributed by atoms with E-state index in [-0.39, 0.29) is 11.4 Å². The van der Waals surface area contributed by atoms with Crippen LogP contribution in [0, 0.1) is 0 Å². The van der Waals surface area contributed by atoms with E-state index in [2.05, 4.69) is 10.4 Å². The summed E-state index contributed by atoms with van der Waals surface area (Å²) >= 11 is 9.48. The Kier molecular flexibility index (Phi) is 5.28. The Balaban J connectivity index is 2.06. The van der Waals surface area contributed by atoms with Gasteiger partial charge in [0.25, 0.3) is 0 Å². The number of benzene rings is 1. The van der Waals surface area contributed by atoms with Gasteiger partial charge in [-0.3, -0.25) is 0 Å². The van der Waals surface area contributed by atoms with Gasteiger partial charge in [-0.15, -0.1) is 23.1 Å². The summed E-state index contributed by atoms with van der Waals surface area (Å²) in [6.45, 7) is 3.84. The zero-order chi connectivity index (χ0) is 13.8. The quantitative estimate of drug-likeness (QED) is 0.884. The van der Waals surface area contributed by atoms with Crippen LogP contribution in [-0.4, -0.2) is 21.4 Å². The molecule has 0 spiro atoms.